The van der Waals surface area contributed by atoms with Crippen molar-refractivity contribution in [3.63, 3.8) is 0 Å². The fourth-order valence-corrected chi connectivity index (χ4v) is 5.69. The molecule has 0 aliphatic carbocycles. The van der Waals surface area contributed by atoms with Gasteiger partial charge in [-0.25, -0.2) is 9.59 Å². The van der Waals surface area contributed by atoms with E-state index in [4.69, 9.17) is 28.0 Å². The van der Waals surface area contributed by atoms with Gasteiger partial charge in [0.05, 0.1) is 34.4 Å². The molecule has 0 aliphatic heterocycles. The Morgan fingerprint density at radius 1 is 0.596 bits per heavy atom. The van der Waals surface area contributed by atoms with Crippen molar-refractivity contribution >= 4 is 32.0 Å². The van der Waals surface area contributed by atoms with Gasteiger partial charge in [0.25, 0.3) is 0 Å². The number of phosphoric acid groups is 1. The highest BCUT2D eigenvalue weighted by atomic mass is 31.2. The number of phosphoric ester groups is 1. The quantitative estimate of drug-likeness (QED) is 0.0185. The number of hydrogen-bond acceptors (Lipinski definition) is 12. The molecular formula is C38H69NO12P+. The molecule has 1 N–H and O–H groups in total. The molecule has 0 aromatic heterocycles. The average Bonchev–Trinajstić information content (AvgIpc) is 3.09. The van der Waals surface area contributed by atoms with Crippen molar-refractivity contribution in [3.05, 3.63) is 25.3 Å². The Bertz CT molecular complexity index is 986. The van der Waals surface area contributed by atoms with Crippen LogP contribution in [0.1, 0.15) is 128 Å². The second-order valence-electron chi connectivity index (χ2n) is 14.0. The molecule has 302 valence electrons. The predicted octanol–water partition coefficient (Wildman–Crippen LogP) is 6.47. The minimum atomic E-state index is -4.41. The Labute approximate surface area is 313 Å². The van der Waals surface area contributed by atoms with E-state index in [0.29, 0.717) is 37.1 Å². The summed E-state index contributed by atoms with van der Waals surface area (Å²) < 4.78 is 31.5. The van der Waals surface area contributed by atoms with Gasteiger partial charge < -0.3 is 28.3 Å². The first-order valence-corrected chi connectivity index (χ1v) is 20.6. The summed E-state index contributed by atoms with van der Waals surface area (Å²) in [6.45, 7) is 7.33. The Hall–Kier alpha value is -2.41. The SMILES string of the molecule is C=CC(=O)OCCCCCCCCCCCC(=O)OCC(CO[P+]([O-])(O)OCC[N+](C)(C)C)OC(=O)CCCCCCCCCCCOC(=O)C=C. The molecule has 0 saturated heterocycles. The second kappa shape index (κ2) is 32.1. The van der Waals surface area contributed by atoms with Crippen LogP contribution in [0.4, 0.5) is 0 Å². The number of quaternary nitrogens is 1. The molecule has 2 unspecified atom stereocenters. The van der Waals surface area contributed by atoms with E-state index >= 15 is 0 Å². The Kier molecular flexibility index (Phi) is 30.6. The van der Waals surface area contributed by atoms with E-state index in [1.165, 1.54) is 12.2 Å². The fraction of sp³-hybridized carbons (Fsp3) is 0.789. The summed E-state index contributed by atoms with van der Waals surface area (Å²) in [6, 6.07) is 0. The molecule has 0 heterocycles. The average molecular weight is 763 g/mol. The first kappa shape index (κ1) is 49.6. The molecule has 0 aromatic carbocycles. The Balaban J connectivity index is 4.38. The molecule has 2 atom stereocenters. The number of likely N-dealkylation sites (N-methyl/N-ethyl adjacent to an activating group) is 1. The lowest BCUT2D eigenvalue weighted by Gasteiger charge is -2.26. The number of esters is 4. The van der Waals surface area contributed by atoms with E-state index in [1.807, 2.05) is 21.1 Å². The van der Waals surface area contributed by atoms with Crippen LogP contribution < -0.4 is 4.89 Å². The normalized spacial score (nSPS) is 13.1. The summed E-state index contributed by atoms with van der Waals surface area (Å²) in [4.78, 5) is 69.6. The van der Waals surface area contributed by atoms with E-state index in [2.05, 4.69) is 13.2 Å². The highest BCUT2D eigenvalue weighted by molar-refractivity contribution is 7.52. The van der Waals surface area contributed by atoms with Crippen molar-refractivity contribution in [1.29, 1.82) is 0 Å². The highest BCUT2D eigenvalue weighted by Crippen LogP contribution is 2.47. The minimum absolute atomic E-state index is 0.00103. The molecule has 13 nitrogen and oxygen atoms in total. The first-order valence-electron chi connectivity index (χ1n) is 19.1. The van der Waals surface area contributed by atoms with Gasteiger partial charge in [0.1, 0.15) is 26.4 Å². The van der Waals surface area contributed by atoms with Crippen molar-refractivity contribution in [1.82, 2.24) is 0 Å². The molecular weight excluding hydrogens is 693 g/mol. The summed E-state index contributed by atoms with van der Waals surface area (Å²) in [5, 5.41) is 0. The molecule has 0 aliphatic rings. The third-order valence-corrected chi connectivity index (χ3v) is 9.03. The summed E-state index contributed by atoms with van der Waals surface area (Å²) in [7, 11) is 1.36. The van der Waals surface area contributed by atoms with Gasteiger partial charge in [0.15, 0.2) is 6.10 Å². The molecule has 0 saturated carbocycles. The van der Waals surface area contributed by atoms with Crippen LogP contribution in [0.25, 0.3) is 0 Å². The maximum absolute atomic E-state index is 12.6. The van der Waals surface area contributed by atoms with E-state index in [0.717, 1.165) is 103 Å². The van der Waals surface area contributed by atoms with Crippen LogP contribution in [0.2, 0.25) is 0 Å². The number of carbonyl (C=O) groups is 4. The molecule has 0 aromatic rings. The van der Waals surface area contributed by atoms with Crippen LogP contribution >= 0.6 is 8.17 Å². The van der Waals surface area contributed by atoms with Crippen molar-refractivity contribution in [3.8, 4) is 0 Å². The van der Waals surface area contributed by atoms with Gasteiger partial charge >= 0.3 is 32.0 Å². The number of ether oxygens (including phenoxy) is 4. The van der Waals surface area contributed by atoms with Crippen LogP contribution in [-0.4, -0.2) is 100 Å². The van der Waals surface area contributed by atoms with Gasteiger partial charge in [-0.15, -0.1) is 0 Å². The van der Waals surface area contributed by atoms with Gasteiger partial charge in [-0.1, -0.05) is 103 Å². The second-order valence-corrected chi connectivity index (χ2v) is 15.5. The third-order valence-electron chi connectivity index (χ3n) is 8.04. The summed E-state index contributed by atoms with van der Waals surface area (Å²) in [5.41, 5.74) is 0. The molecule has 14 heteroatoms. The topological polar surface area (TPSA) is 167 Å². The lowest BCUT2D eigenvalue weighted by molar-refractivity contribution is -0.870. The Morgan fingerprint density at radius 3 is 1.42 bits per heavy atom. The zero-order valence-corrected chi connectivity index (χ0v) is 33.3. The lowest BCUT2D eigenvalue weighted by atomic mass is 10.1. The zero-order chi connectivity index (χ0) is 38.9. The van der Waals surface area contributed by atoms with Crippen molar-refractivity contribution in [2.75, 3.05) is 60.7 Å². The van der Waals surface area contributed by atoms with Crippen molar-refractivity contribution < 1.29 is 61.4 Å². The van der Waals surface area contributed by atoms with Gasteiger partial charge in [-0.2, -0.15) is 13.9 Å². The smallest absolute Gasteiger partial charge is 0.377 e. The van der Waals surface area contributed by atoms with Crippen LogP contribution in [0.15, 0.2) is 25.3 Å². The van der Waals surface area contributed by atoms with Gasteiger partial charge in [0, 0.05) is 25.0 Å². The monoisotopic (exact) mass is 762 g/mol. The molecule has 0 spiro atoms. The number of unbranched alkanes of at least 4 members (excludes halogenated alkanes) is 16. The highest BCUT2D eigenvalue weighted by Gasteiger charge is 2.31. The zero-order valence-electron chi connectivity index (χ0n) is 32.4. The van der Waals surface area contributed by atoms with Crippen LogP contribution in [-0.2, 0) is 47.2 Å². The number of hydrogen-bond donors (Lipinski definition) is 1. The summed E-state index contributed by atoms with van der Waals surface area (Å²) in [5.74, 6) is -1.69. The Morgan fingerprint density at radius 2 is 1.00 bits per heavy atom. The van der Waals surface area contributed by atoms with Crippen LogP contribution in [0.5, 0.6) is 0 Å². The van der Waals surface area contributed by atoms with E-state index < -0.39 is 32.8 Å². The molecule has 0 fully saturated rings. The standard InChI is InChI=1S/C38H68NO12P/c1-6-35(40)46-29-24-20-16-12-8-10-14-18-22-26-37(42)48-32-34(33-50-52(44,45)49-31-28-39(3,4)5)51-38(43)27-23-19-15-11-9-13-17-21-25-30-47-36(41)7-2/h6-7,34H,1-2,8-33H2,3-5H3/p+1. The summed E-state index contributed by atoms with van der Waals surface area (Å²) in [6.07, 6.45) is 19.2. The molecule has 0 amide bonds. The van der Waals surface area contributed by atoms with E-state index in [1.54, 1.807) is 0 Å². The molecule has 0 rings (SSSR count). The predicted molar refractivity (Wildman–Crippen MR) is 199 cm³/mol. The molecule has 52 heavy (non-hydrogen) atoms. The minimum Gasteiger partial charge on any atom is -0.606 e. The number of carbonyl (C=O) groups excluding carboxylic acids is 4. The lowest BCUT2D eigenvalue weighted by Crippen LogP contribution is -2.38. The largest absolute Gasteiger partial charge is 0.606 e. The number of rotatable bonds is 36. The van der Waals surface area contributed by atoms with E-state index in [9.17, 15) is 29.0 Å². The van der Waals surface area contributed by atoms with E-state index in [-0.39, 0.29) is 38.0 Å². The number of nitrogens with zero attached hydrogens (tertiary/aromatic N) is 1. The van der Waals surface area contributed by atoms with Gasteiger partial charge in [-0.05, 0) is 25.7 Å². The molecule has 0 radical (unpaired) electrons. The van der Waals surface area contributed by atoms with Crippen LogP contribution in [0.3, 0.4) is 0 Å². The van der Waals surface area contributed by atoms with Gasteiger partial charge in [-0.3, -0.25) is 9.59 Å². The van der Waals surface area contributed by atoms with Crippen molar-refractivity contribution in [2.45, 2.75) is 135 Å². The first-order chi connectivity index (χ1) is 24.8. The maximum Gasteiger partial charge on any atom is 0.377 e. The fourth-order valence-electron chi connectivity index (χ4n) is 4.94. The summed E-state index contributed by atoms with van der Waals surface area (Å²) >= 11 is 0. The maximum atomic E-state index is 12.6. The molecule has 0 bridgehead atoms. The van der Waals surface area contributed by atoms with Crippen LogP contribution in [0, 0.1) is 0 Å². The third kappa shape index (κ3) is 34.7. The van der Waals surface area contributed by atoms with Crippen molar-refractivity contribution in [2.24, 2.45) is 0 Å². The van der Waals surface area contributed by atoms with Gasteiger partial charge in [0.2, 0.25) is 0 Å².